The van der Waals surface area contributed by atoms with Crippen molar-refractivity contribution in [2.24, 2.45) is 0 Å². The number of carbonyl (C=O) groups is 1. The van der Waals surface area contributed by atoms with Crippen molar-refractivity contribution in [3.63, 3.8) is 0 Å². The van der Waals surface area contributed by atoms with Crippen LogP contribution < -0.4 is 5.32 Å². The Bertz CT molecular complexity index is 1190. The van der Waals surface area contributed by atoms with Crippen LogP contribution in [0, 0.1) is 0 Å². The van der Waals surface area contributed by atoms with Crippen molar-refractivity contribution in [1.82, 2.24) is 14.1 Å². The van der Waals surface area contributed by atoms with Crippen LogP contribution in [0.4, 0.5) is 18.9 Å². The number of hydrogen-bond donors (Lipinski definition) is 1. The van der Waals surface area contributed by atoms with Gasteiger partial charge in [-0.3, -0.25) is 4.79 Å². The number of amides is 1. The normalized spacial score (nSPS) is 12.2. The first-order valence-electron chi connectivity index (χ1n) is 9.70. The second kappa shape index (κ2) is 9.13. The number of anilines is 1. The van der Waals surface area contributed by atoms with Gasteiger partial charge in [0.25, 0.3) is 5.91 Å². The molecule has 7 nitrogen and oxygen atoms in total. The van der Waals surface area contributed by atoms with E-state index in [1.165, 1.54) is 51.7 Å². The van der Waals surface area contributed by atoms with Crippen molar-refractivity contribution < 1.29 is 26.4 Å². The molecule has 0 atom stereocenters. The number of halogens is 3. The van der Waals surface area contributed by atoms with Crippen molar-refractivity contribution >= 4 is 21.6 Å². The van der Waals surface area contributed by atoms with Gasteiger partial charge in [0.2, 0.25) is 10.0 Å². The second-order valence-electron chi connectivity index (χ2n) is 6.75. The molecule has 1 heterocycles. The topological polar surface area (TPSA) is 84.3 Å². The van der Waals surface area contributed by atoms with Crippen LogP contribution in [-0.4, -0.2) is 41.5 Å². The Morgan fingerprint density at radius 3 is 2.28 bits per heavy atom. The smallest absolute Gasteiger partial charge is 0.320 e. The summed E-state index contributed by atoms with van der Waals surface area (Å²) >= 11 is 0. The second-order valence-corrected chi connectivity index (χ2v) is 8.69. The van der Waals surface area contributed by atoms with Crippen LogP contribution in [0.15, 0.2) is 65.8 Å². The highest BCUT2D eigenvalue weighted by Gasteiger charge is 2.31. The highest BCUT2D eigenvalue weighted by Crippen LogP contribution is 2.33. The van der Waals surface area contributed by atoms with E-state index in [1.807, 2.05) is 0 Å². The minimum Gasteiger partial charge on any atom is -0.320 e. The van der Waals surface area contributed by atoms with Crippen molar-refractivity contribution in [2.75, 3.05) is 18.4 Å². The molecule has 0 unspecified atom stereocenters. The molecule has 3 rings (SSSR count). The summed E-state index contributed by atoms with van der Waals surface area (Å²) in [6, 6.07) is 9.75. The van der Waals surface area contributed by atoms with Gasteiger partial charge in [0.1, 0.15) is 0 Å². The number of hydrogen-bond acceptors (Lipinski definition) is 4. The fraction of sp³-hybridized carbons (Fsp3) is 0.238. The van der Waals surface area contributed by atoms with Crippen molar-refractivity contribution in [3.05, 3.63) is 72.1 Å². The molecule has 0 aliphatic carbocycles. The van der Waals surface area contributed by atoms with Gasteiger partial charge in [-0.2, -0.15) is 22.6 Å². The standard InChI is InChI=1S/C21H21F3N4O3S/c1-3-27(4-2)32(30,31)17-9-6-15(7-10-17)20(29)26-18-14-16(21(22,23)24)8-11-19(18)28-13-5-12-25-28/h5-14H,3-4H2,1-2H3,(H,26,29). The number of aromatic nitrogens is 2. The third-order valence-corrected chi connectivity index (χ3v) is 6.85. The molecule has 32 heavy (non-hydrogen) atoms. The molecule has 0 fully saturated rings. The Morgan fingerprint density at radius 1 is 1.09 bits per heavy atom. The van der Waals surface area contributed by atoms with Gasteiger partial charge in [-0.15, -0.1) is 0 Å². The summed E-state index contributed by atoms with van der Waals surface area (Å²) in [5.41, 5.74) is -0.679. The summed E-state index contributed by atoms with van der Waals surface area (Å²) in [7, 11) is -3.70. The molecular weight excluding hydrogens is 445 g/mol. The molecule has 0 saturated carbocycles. The van der Waals surface area contributed by atoms with Gasteiger partial charge in [0.15, 0.2) is 0 Å². The SMILES string of the molecule is CCN(CC)S(=O)(=O)c1ccc(C(=O)Nc2cc(C(F)(F)F)ccc2-n2cccn2)cc1. The van der Waals surface area contributed by atoms with E-state index in [0.29, 0.717) is 13.1 Å². The largest absolute Gasteiger partial charge is 0.416 e. The number of rotatable bonds is 7. The summed E-state index contributed by atoms with van der Waals surface area (Å²) in [5.74, 6) is -0.690. The van der Waals surface area contributed by atoms with Crippen LogP contribution in [0.5, 0.6) is 0 Å². The molecule has 0 saturated heterocycles. The van der Waals surface area contributed by atoms with E-state index < -0.39 is 27.7 Å². The van der Waals surface area contributed by atoms with Gasteiger partial charge in [-0.05, 0) is 48.5 Å². The maximum absolute atomic E-state index is 13.2. The quantitative estimate of drug-likeness (QED) is 0.566. The van der Waals surface area contributed by atoms with Crippen molar-refractivity contribution in [3.8, 4) is 5.69 Å². The van der Waals surface area contributed by atoms with Crippen LogP contribution in [-0.2, 0) is 16.2 Å². The summed E-state index contributed by atoms with van der Waals surface area (Å²) in [6.45, 7) is 4.03. The van der Waals surface area contributed by atoms with Gasteiger partial charge in [-0.25, -0.2) is 13.1 Å². The zero-order valence-corrected chi connectivity index (χ0v) is 18.1. The summed E-state index contributed by atoms with van der Waals surface area (Å²) < 4.78 is 67.3. The van der Waals surface area contributed by atoms with Crippen molar-refractivity contribution in [1.29, 1.82) is 0 Å². The van der Waals surface area contributed by atoms with Gasteiger partial charge in [-0.1, -0.05) is 13.8 Å². The van der Waals surface area contributed by atoms with Crippen LogP contribution in [0.2, 0.25) is 0 Å². The van der Waals surface area contributed by atoms with Crippen LogP contribution in [0.3, 0.4) is 0 Å². The molecule has 170 valence electrons. The van der Waals surface area contributed by atoms with E-state index in [-0.39, 0.29) is 21.8 Å². The van der Waals surface area contributed by atoms with E-state index in [1.54, 1.807) is 19.9 Å². The molecule has 1 N–H and O–H groups in total. The number of benzene rings is 2. The number of alkyl halides is 3. The average Bonchev–Trinajstić information content (AvgIpc) is 3.28. The monoisotopic (exact) mass is 466 g/mol. The molecule has 0 aliphatic heterocycles. The molecular formula is C21H21F3N4O3S. The van der Waals surface area contributed by atoms with E-state index in [4.69, 9.17) is 0 Å². The number of sulfonamides is 1. The minimum absolute atomic E-state index is 0.0223. The lowest BCUT2D eigenvalue weighted by atomic mass is 10.1. The Balaban J connectivity index is 1.91. The van der Waals surface area contributed by atoms with Crippen LogP contribution >= 0.6 is 0 Å². The predicted molar refractivity (Wildman–Crippen MR) is 113 cm³/mol. The zero-order chi connectivity index (χ0) is 23.5. The lowest BCUT2D eigenvalue weighted by Crippen LogP contribution is -2.30. The number of nitrogens with one attached hydrogen (secondary N) is 1. The third-order valence-electron chi connectivity index (χ3n) is 4.78. The predicted octanol–water partition coefficient (Wildman–Crippen LogP) is 4.17. The molecule has 3 aromatic rings. The number of carbonyl (C=O) groups excluding carboxylic acids is 1. The summed E-state index contributed by atoms with van der Waals surface area (Å²) in [5, 5.41) is 6.47. The molecule has 0 aliphatic rings. The van der Waals surface area contributed by atoms with Crippen molar-refractivity contribution in [2.45, 2.75) is 24.9 Å². The van der Waals surface area contributed by atoms with E-state index >= 15 is 0 Å². The van der Waals surface area contributed by atoms with E-state index in [0.717, 1.165) is 12.1 Å². The molecule has 0 bridgehead atoms. The van der Waals surface area contributed by atoms with E-state index in [2.05, 4.69) is 10.4 Å². The fourth-order valence-corrected chi connectivity index (χ4v) is 4.57. The maximum atomic E-state index is 13.2. The Hall–Kier alpha value is -3.18. The maximum Gasteiger partial charge on any atom is 0.416 e. The van der Waals surface area contributed by atoms with Gasteiger partial charge in [0.05, 0.1) is 21.8 Å². The molecule has 2 aromatic carbocycles. The average molecular weight is 466 g/mol. The summed E-state index contributed by atoms with van der Waals surface area (Å²) in [4.78, 5) is 12.7. The van der Waals surface area contributed by atoms with Crippen LogP contribution in [0.25, 0.3) is 5.69 Å². The first-order valence-corrected chi connectivity index (χ1v) is 11.1. The first-order chi connectivity index (χ1) is 15.1. The Morgan fingerprint density at radius 2 is 1.75 bits per heavy atom. The minimum atomic E-state index is -4.59. The Kier molecular flexibility index (Phi) is 6.70. The van der Waals surface area contributed by atoms with Gasteiger partial charge < -0.3 is 5.32 Å². The third kappa shape index (κ3) is 4.83. The molecule has 1 aromatic heterocycles. The zero-order valence-electron chi connectivity index (χ0n) is 17.3. The molecule has 0 spiro atoms. The highest BCUT2D eigenvalue weighted by atomic mass is 32.2. The highest BCUT2D eigenvalue weighted by molar-refractivity contribution is 7.89. The number of nitrogens with zero attached hydrogens (tertiary/aromatic N) is 3. The Labute approximate surface area is 183 Å². The molecule has 0 radical (unpaired) electrons. The first kappa shape index (κ1) is 23.5. The van der Waals surface area contributed by atoms with E-state index in [9.17, 15) is 26.4 Å². The van der Waals surface area contributed by atoms with Gasteiger partial charge in [0, 0.05) is 31.0 Å². The van der Waals surface area contributed by atoms with Gasteiger partial charge >= 0.3 is 6.18 Å². The molecule has 11 heteroatoms. The summed E-state index contributed by atoms with van der Waals surface area (Å²) in [6.07, 6.45) is -1.61. The lowest BCUT2D eigenvalue weighted by molar-refractivity contribution is -0.137. The van der Waals surface area contributed by atoms with Crippen LogP contribution in [0.1, 0.15) is 29.8 Å². The lowest BCUT2D eigenvalue weighted by Gasteiger charge is -2.18. The molecule has 1 amide bonds. The fourth-order valence-electron chi connectivity index (χ4n) is 3.11.